The molecule has 3 rings (SSSR count). The maximum absolute atomic E-state index is 9.40. The van der Waals surface area contributed by atoms with Crippen LogP contribution in [0.5, 0.6) is 5.75 Å². The number of aromatic nitrogens is 2. The Kier molecular flexibility index (Phi) is 2.29. The van der Waals surface area contributed by atoms with Crippen LogP contribution in [-0.2, 0) is 6.42 Å². The lowest BCUT2D eigenvalue weighted by Crippen LogP contribution is -1.89. The summed E-state index contributed by atoms with van der Waals surface area (Å²) < 4.78 is 0. The second-order valence-corrected chi connectivity index (χ2v) is 4.05. The highest BCUT2D eigenvalue weighted by atomic mass is 16.3. The van der Waals surface area contributed by atoms with Crippen LogP contribution in [0.15, 0.2) is 48.5 Å². The van der Waals surface area contributed by atoms with Crippen LogP contribution in [0.3, 0.4) is 0 Å². The van der Waals surface area contributed by atoms with Gasteiger partial charge < -0.3 is 10.1 Å². The molecule has 0 atom stereocenters. The fourth-order valence-electron chi connectivity index (χ4n) is 1.95. The molecule has 0 bridgehead atoms. The van der Waals surface area contributed by atoms with Gasteiger partial charge in [0.1, 0.15) is 11.6 Å². The number of benzene rings is 2. The van der Waals surface area contributed by atoms with E-state index in [9.17, 15) is 5.11 Å². The van der Waals surface area contributed by atoms with Crippen LogP contribution in [-0.4, -0.2) is 15.1 Å². The van der Waals surface area contributed by atoms with E-state index in [0.29, 0.717) is 12.2 Å². The normalized spacial score (nSPS) is 10.8. The molecule has 0 fully saturated rings. The highest BCUT2D eigenvalue weighted by Gasteiger charge is 2.03. The Bertz CT molecular complexity index is 625. The van der Waals surface area contributed by atoms with Gasteiger partial charge in [-0.25, -0.2) is 4.98 Å². The average Bonchev–Trinajstić information content (AvgIpc) is 2.71. The Morgan fingerprint density at radius 2 is 1.94 bits per heavy atom. The molecule has 2 N–H and O–H groups in total. The van der Waals surface area contributed by atoms with Crippen LogP contribution in [0, 0.1) is 0 Å². The zero-order valence-electron chi connectivity index (χ0n) is 9.22. The summed E-state index contributed by atoms with van der Waals surface area (Å²) in [6, 6.07) is 15.2. The number of aromatic amines is 1. The van der Waals surface area contributed by atoms with Crippen molar-refractivity contribution in [3.05, 3.63) is 59.9 Å². The van der Waals surface area contributed by atoms with Crippen molar-refractivity contribution in [3.8, 4) is 5.75 Å². The summed E-state index contributed by atoms with van der Waals surface area (Å²) in [5, 5.41) is 9.40. The number of H-pyrrole nitrogens is 1. The number of fused-ring (bicyclic) bond motifs is 1. The maximum Gasteiger partial charge on any atom is 0.115 e. The molecule has 0 aliphatic carbocycles. The summed E-state index contributed by atoms with van der Waals surface area (Å²) >= 11 is 0. The standard InChI is InChI=1S/C14H12N2O/c17-11-5-3-4-10(8-11)9-14-15-12-6-1-2-7-13(12)16-14/h1-8,17H,9H2,(H,15,16). The van der Waals surface area contributed by atoms with E-state index in [1.165, 1.54) is 0 Å². The van der Waals surface area contributed by atoms with E-state index in [0.717, 1.165) is 22.4 Å². The van der Waals surface area contributed by atoms with Gasteiger partial charge in [0.2, 0.25) is 0 Å². The molecule has 3 heteroatoms. The highest BCUT2D eigenvalue weighted by Crippen LogP contribution is 2.16. The SMILES string of the molecule is Oc1cccc(Cc2nc3ccccc3[nH]2)c1. The van der Waals surface area contributed by atoms with Crippen LogP contribution in [0.4, 0.5) is 0 Å². The second-order valence-electron chi connectivity index (χ2n) is 4.05. The number of nitrogens with zero attached hydrogens (tertiary/aromatic N) is 1. The van der Waals surface area contributed by atoms with Crippen LogP contribution in [0.25, 0.3) is 11.0 Å². The Balaban J connectivity index is 1.94. The molecular weight excluding hydrogens is 212 g/mol. The molecule has 0 saturated heterocycles. The molecule has 17 heavy (non-hydrogen) atoms. The minimum absolute atomic E-state index is 0.290. The van der Waals surface area contributed by atoms with Crippen LogP contribution < -0.4 is 0 Å². The van der Waals surface area contributed by atoms with Gasteiger partial charge in [0.05, 0.1) is 11.0 Å². The predicted octanol–water partition coefficient (Wildman–Crippen LogP) is 2.86. The molecule has 2 aromatic carbocycles. The largest absolute Gasteiger partial charge is 0.508 e. The summed E-state index contributed by atoms with van der Waals surface area (Å²) in [6.07, 6.45) is 0.698. The number of imidazole rings is 1. The van der Waals surface area contributed by atoms with Crippen LogP contribution in [0.2, 0.25) is 0 Å². The number of hydrogen-bond acceptors (Lipinski definition) is 2. The van der Waals surface area contributed by atoms with Gasteiger partial charge in [-0.05, 0) is 29.8 Å². The Labute approximate surface area is 98.8 Å². The first kappa shape index (κ1) is 9.90. The van der Waals surface area contributed by atoms with E-state index in [-0.39, 0.29) is 0 Å². The topological polar surface area (TPSA) is 48.9 Å². The number of hydrogen-bond donors (Lipinski definition) is 2. The third-order valence-electron chi connectivity index (χ3n) is 2.72. The molecule has 1 aromatic heterocycles. The first-order chi connectivity index (χ1) is 8.31. The zero-order valence-corrected chi connectivity index (χ0v) is 9.22. The second kappa shape index (κ2) is 3.94. The number of aromatic hydroxyl groups is 1. The van der Waals surface area contributed by atoms with Crippen molar-refractivity contribution in [1.29, 1.82) is 0 Å². The van der Waals surface area contributed by atoms with Gasteiger partial charge in [0.15, 0.2) is 0 Å². The number of phenols is 1. The predicted molar refractivity (Wildman–Crippen MR) is 67.0 cm³/mol. The summed E-state index contributed by atoms with van der Waals surface area (Å²) in [7, 11) is 0. The van der Waals surface area contributed by atoms with E-state index in [1.807, 2.05) is 36.4 Å². The van der Waals surface area contributed by atoms with Crippen LogP contribution >= 0.6 is 0 Å². The average molecular weight is 224 g/mol. The summed E-state index contributed by atoms with van der Waals surface area (Å²) in [4.78, 5) is 7.77. The van der Waals surface area contributed by atoms with Crippen molar-refractivity contribution in [3.63, 3.8) is 0 Å². The molecule has 0 unspecified atom stereocenters. The van der Waals surface area contributed by atoms with Crippen molar-refractivity contribution < 1.29 is 5.11 Å². The quantitative estimate of drug-likeness (QED) is 0.703. The fourth-order valence-corrected chi connectivity index (χ4v) is 1.95. The fraction of sp³-hybridized carbons (Fsp3) is 0.0714. The lowest BCUT2D eigenvalue weighted by molar-refractivity contribution is 0.474. The van der Waals surface area contributed by atoms with E-state index in [1.54, 1.807) is 12.1 Å². The Hall–Kier alpha value is -2.29. The molecule has 0 aliphatic heterocycles. The third kappa shape index (κ3) is 1.99. The molecule has 0 amide bonds. The number of para-hydroxylation sites is 2. The molecule has 84 valence electrons. The van der Waals surface area contributed by atoms with E-state index >= 15 is 0 Å². The molecule has 0 radical (unpaired) electrons. The lowest BCUT2D eigenvalue weighted by atomic mass is 10.1. The molecular formula is C14H12N2O. The maximum atomic E-state index is 9.40. The van der Waals surface area contributed by atoms with Crippen LogP contribution in [0.1, 0.15) is 11.4 Å². The monoisotopic (exact) mass is 224 g/mol. The zero-order chi connectivity index (χ0) is 11.7. The van der Waals surface area contributed by atoms with Gasteiger partial charge in [-0.2, -0.15) is 0 Å². The lowest BCUT2D eigenvalue weighted by Gasteiger charge is -1.98. The smallest absolute Gasteiger partial charge is 0.115 e. The van der Waals surface area contributed by atoms with Gasteiger partial charge in [-0.1, -0.05) is 24.3 Å². The van der Waals surface area contributed by atoms with Gasteiger partial charge in [0.25, 0.3) is 0 Å². The van der Waals surface area contributed by atoms with Gasteiger partial charge >= 0.3 is 0 Å². The van der Waals surface area contributed by atoms with Gasteiger partial charge in [-0.15, -0.1) is 0 Å². The van der Waals surface area contributed by atoms with E-state index in [2.05, 4.69) is 9.97 Å². The Morgan fingerprint density at radius 3 is 2.76 bits per heavy atom. The van der Waals surface area contributed by atoms with Gasteiger partial charge in [0, 0.05) is 6.42 Å². The molecule has 1 heterocycles. The number of phenolic OH excluding ortho intramolecular Hbond substituents is 1. The van der Waals surface area contributed by atoms with E-state index in [4.69, 9.17) is 0 Å². The Morgan fingerprint density at radius 1 is 1.06 bits per heavy atom. The van der Waals surface area contributed by atoms with Crippen molar-refractivity contribution >= 4 is 11.0 Å². The minimum atomic E-state index is 0.290. The summed E-state index contributed by atoms with van der Waals surface area (Å²) in [6.45, 7) is 0. The third-order valence-corrected chi connectivity index (χ3v) is 2.72. The van der Waals surface area contributed by atoms with Crippen molar-refractivity contribution in [2.24, 2.45) is 0 Å². The molecule has 3 aromatic rings. The first-order valence-corrected chi connectivity index (χ1v) is 5.53. The summed E-state index contributed by atoms with van der Waals surface area (Å²) in [5.41, 5.74) is 3.06. The number of rotatable bonds is 2. The van der Waals surface area contributed by atoms with E-state index < -0.39 is 0 Å². The van der Waals surface area contributed by atoms with Crippen molar-refractivity contribution in [2.75, 3.05) is 0 Å². The molecule has 0 saturated carbocycles. The van der Waals surface area contributed by atoms with Crippen molar-refractivity contribution in [2.45, 2.75) is 6.42 Å². The molecule has 0 aliphatic rings. The minimum Gasteiger partial charge on any atom is -0.508 e. The molecule has 0 spiro atoms. The summed E-state index contributed by atoms with van der Waals surface area (Å²) in [5.74, 6) is 1.20. The number of nitrogens with one attached hydrogen (secondary N) is 1. The van der Waals surface area contributed by atoms with Crippen molar-refractivity contribution in [1.82, 2.24) is 9.97 Å². The van der Waals surface area contributed by atoms with Gasteiger partial charge in [-0.3, -0.25) is 0 Å². The molecule has 3 nitrogen and oxygen atoms in total. The first-order valence-electron chi connectivity index (χ1n) is 5.53. The highest BCUT2D eigenvalue weighted by molar-refractivity contribution is 5.74.